The Morgan fingerprint density at radius 1 is 1.33 bits per heavy atom. The fraction of sp³-hybridized carbons (Fsp3) is 0.800. The Hall–Kier alpha value is -0.490. The van der Waals surface area contributed by atoms with Crippen molar-refractivity contribution in [3.63, 3.8) is 0 Å². The SMILES string of the molecule is Cl.O=C(NN1CCC1)C(F)(F)F. The van der Waals surface area contributed by atoms with Gasteiger partial charge in [0.2, 0.25) is 0 Å². The third-order valence-corrected chi connectivity index (χ3v) is 1.37. The topological polar surface area (TPSA) is 32.3 Å². The number of amides is 1. The third kappa shape index (κ3) is 2.86. The predicted octanol–water partition coefficient (Wildman–Crippen LogP) is 0.707. The summed E-state index contributed by atoms with van der Waals surface area (Å²) in [4.78, 5) is 10.2. The lowest BCUT2D eigenvalue weighted by Gasteiger charge is -2.30. The highest BCUT2D eigenvalue weighted by Crippen LogP contribution is 2.15. The molecule has 1 fully saturated rings. The Labute approximate surface area is 73.3 Å². The number of hydrogen-bond donors (Lipinski definition) is 1. The van der Waals surface area contributed by atoms with Gasteiger partial charge in [-0.2, -0.15) is 13.2 Å². The molecule has 1 heterocycles. The number of rotatable bonds is 1. The molecule has 0 bridgehead atoms. The Morgan fingerprint density at radius 3 is 2.08 bits per heavy atom. The van der Waals surface area contributed by atoms with E-state index in [-0.39, 0.29) is 12.4 Å². The van der Waals surface area contributed by atoms with Gasteiger partial charge in [-0.25, -0.2) is 5.01 Å². The van der Waals surface area contributed by atoms with E-state index in [0.29, 0.717) is 13.1 Å². The molecule has 1 saturated heterocycles. The van der Waals surface area contributed by atoms with Crippen molar-refractivity contribution in [1.29, 1.82) is 0 Å². The van der Waals surface area contributed by atoms with Gasteiger partial charge in [0.05, 0.1) is 0 Å². The highest BCUT2D eigenvalue weighted by Gasteiger charge is 2.40. The van der Waals surface area contributed by atoms with Crippen molar-refractivity contribution in [2.45, 2.75) is 12.6 Å². The van der Waals surface area contributed by atoms with Gasteiger partial charge in [0, 0.05) is 13.1 Å². The molecule has 0 aromatic carbocycles. The molecule has 72 valence electrons. The van der Waals surface area contributed by atoms with Crippen LogP contribution in [0.3, 0.4) is 0 Å². The second-order valence-electron chi connectivity index (χ2n) is 2.28. The van der Waals surface area contributed by atoms with Gasteiger partial charge in [0.25, 0.3) is 0 Å². The summed E-state index contributed by atoms with van der Waals surface area (Å²) in [6, 6.07) is 0. The largest absolute Gasteiger partial charge is 0.472 e. The minimum absolute atomic E-state index is 0. The van der Waals surface area contributed by atoms with Crippen LogP contribution in [0.5, 0.6) is 0 Å². The molecule has 7 heteroatoms. The van der Waals surface area contributed by atoms with Gasteiger partial charge < -0.3 is 0 Å². The van der Waals surface area contributed by atoms with Gasteiger partial charge in [0.15, 0.2) is 0 Å². The van der Waals surface area contributed by atoms with Crippen LogP contribution in [0.2, 0.25) is 0 Å². The summed E-state index contributed by atoms with van der Waals surface area (Å²) in [6.07, 6.45) is -3.94. The Kier molecular flexibility index (Phi) is 3.79. The normalized spacial score (nSPS) is 17.6. The maximum absolute atomic E-state index is 11.5. The fourth-order valence-electron chi connectivity index (χ4n) is 0.635. The van der Waals surface area contributed by atoms with Gasteiger partial charge in [0.1, 0.15) is 0 Å². The Bertz CT molecular complexity index is 169. The van der Waals surface area contributed by atoms with Crippen LogP contribution < -0.4 is 5.43 Å². The van der Waals surface area contributed by atoms with Crippen LogP contribution in [0.25, 0.3) is 0 Å². The van der Waals surface area contributed by atoms with Crippen LogP contribution in [-0.4, -0.2) is 30.2 Å². The van der Waals surface area contributed by atoms with Gasteiger partial charge in [-0.15, -0.1) is 12.4 Å². The van der Waals surface area contributed by atoms with E-state index in [1.54, 1.807) is 5.43 Å². The van der Waals surface area contributed by atoms with Crippen molar-refractivity contribution >= 4 is 18.3 Å². The summed E-state index contributed by atoms with van der Waals surface area (Å²) < 4.78 is 34.6. The van der Waals surface area contributed by atoms with Crippen LogP contribution in [0.15, 0.2) is 0 Å². The Morgan fingerprint density at radius 2 is 1.83 bits per heavy atom. The molecule has 1 aliphatic rings. The standard InChI is InChI=1S/C5H7F3N2O.ClH/c6-5(7,8)4(11)9-10-2-1-3-10;/h1-3H2,(H,9,11);1H. The van der Waals surface area contributed by atoms with E-state index in [2.05, 4.69) is 0 Å². The lowest BCUT2D eigenvalue weighted by Crippen LogP contribution is -2.53. The Balaban J connectivity index is 0.00000121. The minimum atomic E-state index is -4.77. The summed E-state index contributed by atoms with van der Waals surface area (Å²) in [5.41, 5.74) is 1.73. The molecule has 0 aromatic rings. The summed E-state index contributed by atoms with van der Waals surface area (Å²) in [5.74, 6) is -1.89. The molecule has 1 aliphatic heterocycles. The average Bonchev–Trinajstić information content (AvgIpc) is 1.75. The molecule has 3 nitrogen and oxygen atoms in total. The van der Waals surface area contributed by atoms with Crippen molar-refractivity contribution in [3.05, 3.63) is 0 Å². The first-order valence-electron chi connectivity index (χ1n) is 3.13. The van der Waals surface area contributed by atoms with E-state index in [1.165, 1.54) is 5.01 Å². The third-order valence-electron chi connectivity index (χ3n) is 1.37. The van der Waals surface area contributed by atoms with Crippen LogP contribution >= 0.6 is 12.4 Å². The lowest BCUT2D eigenvalue weighted by molar-refractivity contribution is -0.180. The molecule has 0 spiro atoms. The van der Waals surface area contributed by atoms with Crippen LogP contribution in [0, 0.1) is 0 Å². The predicted molar refractivity (Wildman–Crippen MR) is 37.6 cm³/mol. The van der Waals surface area contributed by atoms with Crippen molar-refractivity contribution in [3.8, 4) is 0 Å². The lowest BCUT2D eigenvalue weighted by atomic mass is 10.3. The maximum atomic E-state index is 11.5. The van der Waals surface area contributed by atoms with E-state index in [4.69, 9.17) is 0 Å². The van der Waals surface area contributed by atoms with Crippen LogP contribution in [0.4, 0.5) is 13.2 Å². The molecule has 1 rings (SSSR count). The van der Waals surface area contributed by atoms with Gasteiger partial charge in [-0.05, 0) is 6.42 Å². The smallest absolute Gasteiger partial charge is 0.281 e. The first-order valence-corrected chi connectivity index (χ1v) is 3.13. The van der Waals surface area contributed by atoms with E-state index in [0.717, 1.165) is 6.42 Å². The van der Waals surface area contributed by atoms with Crippen molar-refractivity contribution in [2.24, 2.45) is 0 Å². The first-order chi connectivity index (χ1) is 5.00. The number of alkyl halides is 3. The highest BCUT2D eigenvalue weighted by molar-refractivity contribution is 5.85. The molecular formula is C5H8ClF3N2O. The summed E-state index contributed by atoms with van der Waals surface area (Å²) in [5, 5.41) is 1.23. The number of carbonyl (C=O) groups excluding carboxylic acids is 1. The number of halogens is 4. The fourth-order valence-corrected chi connectivity index (χ4v) is 0.635. The van der Waals surface area contributed by atoms with Gasteiger partial charge in [-0.1, -0.05) is 0 Å². The number of nitrogens with one attached hydrogen (secondary N) is 1. The van der Waals surface area contributed by atoms with Crippen molar-refractivity contribution in [1.82, 2.24) is 10.4 Å². The second kappa shape index (κ2) is 3.95. The van der Waals surface area contributed by atoms with E-state index in [9.17, 15) is 18.0 Å². The monoisotopic (exact) mass is 204 g/mol. The summed E-state index contributed by atoms with van der Waals surface area (Å²) in [6.45, 7) is 1.00. The molecule has 0 aliphatic carbocycles. The van der Waals surface area contributed by atoms with Crippen molar-refractivity contribution in [2.75, 3.05) is 13.1 Å². The summed E-state index contributed by atoms with van der Waals surface area (Å²) >= 11 is 0. The zero-order valence-corrected chi connectivity index (χ0v) is 6.84. The number of nitrogens with zero attached hydrogens (tertiary/aromatic N) is 1. The molecule has 0 aromatic heterocycles. The number of hydrogen-bond acceptors (Lipinski definition) is 2. The zero-order valence-electron chi connectivity index (χ0n) is 6.02. The second-order valence-corrected chi connectivity index (χ2v) is 2.28. The molecule has 0 saturated carbocycles. The first kappa shape index (κ1) is 11.5. The van der Waals surface area contributed by atoms with Crippen LogP contribution in [-0.2, 0) is 4.79 Å². The van der Waals surface area contributed by atoms with Crippen LogP contribution in [0.1, 0.15) is 6.42 Å². The molecular weight excluding hydrogens is 197 g/mol. The van der Waals surface area contributed by atoms with Crippen molar-refractivity contribution < 1.29 is 18.0 Å². The van der Waals surface area contributed by atoms with E-state index in [1.807, 2.05) is 0 Å². The average molecular weight is 205 g/mol. The van der Waals surface area contributed by atoms with E-state index < -0.39 is 12.1 Å². The number of carbonyl (C=O) groups is 1. The van der Waals surface area contributed by atoms with E-state index >= 15 is 0 Å². The molecule has 0 atom stereocenters. The zero-order chi connectivity index (χ0) is 8.48. The van der Waals surface area contributed by atoms with Gasteiger partial charge >= 0.3 is 12.1 Å². The number of hydrazine groups is 1. The minimum Gasteiger partial charge on any atom is -0.281 e. The molecule has 12 heavy (non-hydrogen) atoms. The maximum Gasteiger partial charge on any atom is 0.472 e. The summed E-state index contributed by atoms with van der Waals surface area (Å²) in [7, 11) is 0. The molecule has 1 N–H and O–H groups in total. The molecule has 0 unspecified atom stereocenters. The molecule has 1 amide bonds. The quantitative estimate of drug-likeness (QED) is 0.682. The highest BCUT2D eigenvalue weighted by atomic mass is 35.5. The molecule has 0 radical (unpaired) electrons. The van der Waals surface area contributed by atoms with Gasteiger partial charge in [-0.3, -0.25) is 10.2 Å².